The van der Waals surface area contributed by atoms with Gasteiger partial charge in [0.1, 0.15) is 5.75 Å². The van der Waals surface area contributed by atoms with Crippen LogP contribution >= 0.6 is 0 Å². The number of carbonyl (C=O) groups excluding carboxylic acids is 1. The number of aromatic nitrogens is 2. The monoisotopic (exact) mass is 343 g/mol. The summed E-state index contributed by atoms with van der Waals surface area (Å²) < 4.78 is 10.5. The first-order valence-corrected chi connectivity index (χ1v) is 8.96. The minimum absolute atomic E-state index is 0.126. The molecule has 1 atom stereocenters. The fourth-order valence-electron chi connectivity index (χ4n) is 3.33. The van der Waals surface area contributed by atoms with Gasteiger partial charge in [-0.1, -0.05) is 24.2 Å². The van der Waals surface area contributed by atoms with E-state index in [1.54, 1.807) is 7.11 Å². The largest absolute Gasteiger partial charge is 0.497 e. The van der Waals surface area contributed by atoms with Crippen LogP contribution in [0.25, 0.3) is 0 Å². The number of amides is 1. The summed E-state index contributed by atoms with van der Waals surface area (Å²) in [5.41, 5.74) is 1.13. The first kappa shape index (κ1) is 17.5. The van der Waals surface area contributed by atoms with Crippen LogP contribution in [0.15, 0.2) is 28.8 Å². The lowest BCUT2D eigenvalue weighted by atomic mass is 10.0. The van der Waals surface area contributed by atoms with Gasteiger partial charge in [0.2, 0.25) is 11.8 Å². The van der Waals surface area contributed by atoms with Gasteiger partial charge in [-0.3, -0.25) is 4.79 Å². The third kappa shape index (κ3) is 4.18. The van der Waals surface area contributed by atoms with Gasteiger partial charge in [-0.15, -0.1) is 0 Å². The van der Waals surface area contributed by atoms with Crippen LogP contribution in [0.2, 0.25) is 0 Å². The summed E-state index contributed by atoms with van der Waals surface area (Å²) in [6, 6.07) is 8.11. The van der Waals surface area contributed by atoms with E-state index in [9.17, 15) is 4.79 Å². The minimum Gasteiger partial charge on any atom is -0.497 e. The lowest BCUT2D eigenvalue weighted by molar-refractivity contribution is -0.132. The number of carbonyl (C=O) groups is 1. The number of aryl methyl sites for hydroxylation is 2. The number of hydrogen-bond acceptors (Lipinski definition) is 5. The maximum Gasteiger partial charge on any atom is 0.227 e. The molecule has 1 fully saturated rings. The van der Waals surface area contributed by atoms with Crippen molar-refractivity contribution in [2.24, 2.45) is 0 Å². The number of likely N-dealkylation sites (tertiary alicyclic amines) is 1. The standard InChI is InChI=1S/C19H25N3O3/c1-3-6-17-20-18(25-21-17)10-11-19(23)22-12-5-9-16(22)14-7-4-8-15(13-14)24-2/h4,7-8,13,16H,3,5-6,9-12H2,1-2H3. The maximum atomic E-state index is 12.7. The maximum absolute atomic E-state index is 12.7. The van der Waals surface area contributed by atoms with Crippen LogP contribution in [0, 0.1) is 0 Å². The van der Waals surface area contributed by atoms with Gasteiger partial charge < -0.3 is 14.2 Å². The fraction of sp³-hybridized carbons (Fsp3) is 0.526. The molecule has 0 spiro atoms. The Kier molecular flexibility index (Phi) is 5.68. The fourth-order valence-corrected chi connectivity index (χ4v) is 3.33. The van der Waals surface area contributed by atoms with Gasteiger partial charge in [-0.25, -0.2) is 0 Å². The lowest BCUT2D eigenvalue weighted by Gasteiger charge is -2.25. The van der Waals surface area contributed by atoms with Crippen molar-refractivity contribution in [1.29, 1.82) is 0 Å². The van der Waals surface area contributed by atoms with Gasteiger partial charge >= 0.3 is 0 Å². The Hall–Kier alpha value is -2.37. The molecule has 134 valence electrons. The molecule has 1 aromatic carbocycles. The molecule has 2 heterocycles. The predicted octanol–water partition coefficient (Wildman–Crippen LogP) is 3.33. The molecule has 0 radical (unpaired) electrons. The molecule has 1 aliphatic rings. The van der Waals surface area contributed by atoms with Gasteiger partial charge in [0, 0.05) is 25.8 Å². The highest BCUT2D eigenvalue weighted by Crippen LogP contribution is 2.33. The molecule has 0 aliphatic carbocycles. The summed E-state index contributed by atoms with van der Waals surface area (Å²) in [6.45, 7) is 2.87. The van der Waals surface area contributed by atoms with E-state index in [1.165, 1.54) is 0 Å². The Morgan fingerprint density at radius 3 is 3.08 bits per heavy atom. The Bertz CT molecular complexity index is 713. The van der Waals surface area contributed by atoms with E-state index in [2.05, 4.69) is 23.1 Å². The molecule has 1 aliphatic heterocycles. The van der Waals surface area contributed by atoms with Gasteiger partial charge in [-0.2, -0.15) is 4.98 Å². The van der Waals surface area contributed by atoms with Crippen molar-refractivity contribution in [3.8, 4) is 5.75 Å². The third-order valence-corrected chi connectivity index (χ3v) is 4.59. The first-order chi connectivity index (χ1) is 12.2. The van der Waals surface area contributed by atoms with E-state index in [-0.39, 0.29) is 11.9 Å². The Morgan fingerprint density at radius 1 is 1.40 bits per heavy atom. The second-order valence-corrected chi connectivity index (χ2v) is 6.38. The second kappa shape index (κ2) is 8.14. The zero-order chi connectivity index (χ0) is 17.6. The molecule has 3 rings (SSSR count). The predicted molar refractivity (Wildman–Crippen MR) is 93.3 cm³/mol. The highest BCUT2D eigenvalue weighted by Gasteiger charge is 2.30. The molecular formula is C19H25N3O3. The summed E-state index contributed by atoms with van der Waals surface area (Å²) in [5, 5.41) is 3.94. The number of methoxy groups -OCH3 is 1. The molecule has 0 bridgehead atoms. The van der Waals surface area contributed by atoms with Crippen molar-refractivity contribution in [1.82, 2.24) is 15.0 Å². The van der Waals surface area contributed by atoms with E-state index in [4.69, 9.17) is 9.26 Å². The van der Waals surface area contributed by atoms with E-state index < -0.39 is 0 Å². The normalized spacial score (nSPS) is 17.0. The second-order valence-electron chi connectivity index (χ2n) is 6.38. The van der Waals surface area contributed by atoms with Gasteiger partial charge in [0.15, 0.2) is 5.82 Å². The van der Waals surface area contributed by atoms with Crippen molar-refractivity contribution >= 4 is 5.91 Å². The zero-order valence-electron chi connectivity index (χ0n) is 14.9. The highest BCUT2D eigenvalue weighted by atomic mass is 16.5. The summed E-state index contributed by atoms with van der Waals surface area (Å²) in [4.78, 5) is 19.0. The molecule has 25 heavy (non-hydrogen) atoms. The number of rotatable bonds is 7. The van der Waals surface area contributed by atoms with Crippen molar-refractivity contribution in [2.45, 2.75) is 51.5 Å². The van der Waals surface area contributed by atoms with Crippen LogP contribution in [0.5, 0.6) is 5.75 Å². The molecular weight excluding hydrogens is 318 g/mol. The SMILES string of the molecule is CCCc1noc(CCC(=O)N2CCCC2c2cccc(OC)c2)n1. The quantitative estimate of drug-likeness (QED) is 0.771. The Labute approximate surface area is 148 Å². The first-order valence-electron chi connectivity index (χ1n) is 8.96. The van der Waals surface area contributed by atoms with Gasteiger partial charge in [-0.05, 0) is 37.0 Å². The lowest BCUT2D eigenvalue weighted by Crippen LogP contribution is -2.30. The van der Waals surface area contributed by atoms with E-state index in [0.29, 0.717) is 18.7 Å². The average Bonchev–Trinajstić information content (AvgIpc) is 3.29. The number of benzene rings is 1. The number of ether oxygens (including phenoxy) is 1. The van der Waals surface area contributed by atoms with Crippen LogP contribution in [0.3, 0.4) is 0 Å². The van der Waals surface area contributed by atoms with Gasteiger partial charge in [0.05, 0.1) is 13.2 Å². The molecule has 1 unspecified atom stereocenters. The molecule has 1 aromatic heterocycles. The van der Waals surface area contributed by atoms with Crippen LogP contribution in [-0.2, 0) is 17.6 Å². The summed E-state index contributed by atoms with van der Waals surface area (Å²) in [5.74, 6) is 2.24. The Balaban J connectivity index is 1.62. The number of hydrogen-bond donors (Lipinski definition) is 0. The van der Waals surface area contributed by atoms with Gasteiger partial charge in [0.25, 0.3) is 0 Å². The topological polar surface area (TPSA) is 68.5 Å². The highest BCUT2D eigenvalue weighted by molar-refractivity contribution is 5.77. The van der Waals surface area contributed by atoms with E-state index in [1.807, 2.05) is 23.1 Å². The zero-order valence-corrected chi connectivity index (χ0v) is 14.9. The molecule has 6 heteroatoms. The summed E-state index contributed by atoms with van der Waals surface area (Å²) in [6.07, 6.45) is 4.69. The molecule has 0 N–H and O–H groups in total. The summed E-state index contributed by atoms with van der Waals surface area (Å²) >= 11 is 0. The van der Waals surface area contributed by atoms with Crippen molar-refractivity contribution in [3.05, 3.63) is 41.5 Å². The van der Waals surface area contributed by atoms with E-state index >= 15 is 0 Å². The van der Waals surface area contributed by atoms with Crippen molar-refractivity contribution in [2.75, 3.05) is 13.7 Å². The smallest absolute Gasteiger partial charge is 0.227 e. The Morgan fingerprint density at radius 2 is 2.28 bits per heavy atom. The average molecular weight is 343 g/mol. The van der Waals surface area contributed by atoms with Crippen LogP contribution < -0.4 is 4.74 Å². The molecule has 1 saturated heterocycles. The molecule has 0 saturated carbocycles. The molecule has 1 amide bonds. The van der Waals surface area contributed by atoms with E-state index in [0.717, 1.165) is 49.4 Å². The number of nitrogens with zero attached hydrogens (tertiary/aromatic N) is 3. The van der Waals surface area contributed by atoms with Crippen LogP contribution in [-0.4, -0.2) is 34.6 Å². The summed E-state index contributed by atoms with van der Waals surface area (Å²) in [7, 11) is 1.66. The van der Waals surface area contributed by atoms with Crippen LogP contribution in [0.1, 0.15) is 55.9 Å². The van der Waals surface area contributed by atoms with Crippen molar-refractivity contribution < 1.29 is 14.1 Å². The third-order valence-electron chi connectivity index (χ3n) is 4.59. The van der Waals surface area contributed by atoms with Crippen molar-refractivity contribution in [3.63, 3.8) is 0 Å². The minimum atomic E-state index is 0.126. The van der Waals surface area contributed by atoms with Crippen LogP contribution in [0.4, 0.5) is 0 Å². The molecule has 2 aromatic rings. The molecule has 6 nitrogen and oxygen atoms in total.